The van der Waals surface area contributed by atoms with Crippen molar-refractivity contribution in [1.29, 1.82) is 0 Å². The van der Waals surface area contributed by atoms with Crippen LogP contribution in [0.3, 0.4) is 0 Å². The van der Waals surface area contributed by atoms with E-state index >= 15 is 0 Å². The summed E-state index contributed by atoms with van der Waals surface area (Å²) in [6.45, 7) is 8.64. The minimum absolute atomic E-state index is 0.361. The Morgan fingerprint density at radius 1 is 1.42 bits per heavy atom. The number of rotatable bonds is 6. The predicted molar refractivity (Wildman–Crippen MR) is 84.9 cm³/mol. The van der Waals surface area contributed by atoms with Crippen LogP contribution >= 0.6 is 23.5 Å². The Hall–Kier alpha value is -0.200. The number of aryl methyl sites for hydroxylation is 1. The van der Waals surface area contributed by atoms with Crippen molar-refractivity contribution in [3.8, 4) is 0 Å². The van der Waals surface area contributed by atoms with Crippen LogP contribution in [-0.2, 0) is 6.54 Å². The van der Waals surface area contributed by atoms with Gasteiger partial charge in [-0.05, 0) is 13.0 Å². The summed E-state index contributed by atoms with van der Waals surface area (Å²) in [5.41, 5.74) is 1.25. The number of hydrogen-bond donors (Lipinski definition) is 1. The van der Waals surface area contributed by atoms with Crippen LogP contribution in [0.25, 0.3) is 0 Å². The molecule has 1 fully saturated rings. The highest BCUT2D eigenvalue weighted by molar-refractivity contribution is 8.07. The molecule has 2 heterocycles. The molecule has 1 aromatic rings. The van der Waals surface area contributed by atoms with Gasteiger partial charge < -0.3 is 5.32 Å². The maximum atomic E-state index is 4.24. The van der Waals surface area contributed by atoms with Crippen molar-refractivity contribution < 1.29 is 0 Å². The van der Waals surface area contributed by atoms with E-state index in [2.05, 4.69) is 64.6 Å². The van der Waals surface area contributed by atoms with Gasteiger partial charge in [0.25, 0.3) is 0 Å². The van der Waals surface area contributed by atoms with E-state index < -0.39 is 0 Å². The van der Waals surface area contributed by atoms with Crippen LogP contribution in [0.1, 0.15) is 38.9 Å². The van der Waals surface area contributed by atoms with Gasteiger partial charge in [0.05, 0.1) is 17.9 Å². The molecule has 3 unspecified atom stereocenters. The molecule has 0 aliphatic carbocycles. The van der Waals surface area contributed by atoms with E-state index in [1.54, 1.807) is 0 Å². The molecular weight excluding hydrogens is 276 g/mol. The highest BCUT2D eigenvalue weighted by atomic mass is 32.2. The first-order chi connectivity index (χ1) is 9.27. The summed E-state index contributed by atoms with van der Waals surface area (Å²) < 4.78 is 2.07. The quantitative estimate of drug-likeness (QED) is 0.874. The number of nitrogens with one attached hydrogen (secondary N) is 1. The van der Waals surface area contributed by atoms with Crippen LogP contribution in [0.15, 0.2) is 6.20 Å². The minimum Gasteiger partial charge on any atom is -0.308 e. The van der Waals surface area contributed by atoms with E-state index in [-0.39, 0.29) is 0 Å². The van der Waals surface area contributed by atoms with Crippen LogP contribution in [0, 0.1) is 0 Å². The predicted octanol–water partition coefficient (Wildman–Crippen LogP) is 2.58. The van der Waals surface area contributed by atoms with Gasteiger partial charge in [-0.3, -0.25) is 0 Å². The molecule has 1 aliphatic heterocycles. The second kappa shape index (κ2) is 7.55. The lowest BCUT2D eigenvalue weighted by molar-refractivity contribution is 0.462. The topological polar surface area (TPSA) is 42.7 Å². The summed E-state index contributed by atoms with van der Waals surface area (Å²) in [6.07, 6.45) is 3.03. The number of hydrogen-bond acceptors (Lipinski definition) is 5. The SMILES string of the molecule is CCCn1nncc1C(NCC)C1SCCSC1C. The zero-order valence-electron chi connectivity index (χ0n) is 12.0. The largest absolute Gasteiger partial charge is 0.308 e. The van der Waals surface area contributed by atoms with Crippen molar-refractivity contribution in [3.05, 3.63) is 11.9 Å². The van der Waals surface area contributed by atoms with Gasteiger partial charge in [-0.15, -0.1) is 5.10 Å². The highest BCUT2D eigenvalue weighted by Gasteiger charge is 2.32. The first-order valence-electron chi connectivity index (χ1n) is 7.12. The second-order valence-corrected chi connectivity index (χ2v) is 7.60. The van der Waals surface area contributed by atoms with Crippen molar-refractivity contribution in [3.63, 3.8) is 0 Å². The summed E-state index contributed by atoms with van der Waals surface area (Å²) in [7, 11) is 0. The fourth-order valence-electron chi connectivity index (χ4n) is 2.52. The third-order valence-electron chi connectivity index (χ3n) is 3.39. The molecule has 108 valence electrons. The Kier molecular flexibility index (Phi) is 6.04. The molecule has 0 radical (unpaired) electrons. The summed E-state index contributed by atoms with van der Waals surface area (Å²) >= 11 is 4.18. The molecular formula is C13H24N4S2. The van der Waals surface area contributed by atoms with Gasteiger partial charge >= 0.3 is 0 Å². The highest BCUT2D eigenvalue weighted by Crippen LogP contribution is 2.38. The summed E-state index contributed by atoms with van der Waals surface area (Å²) in [5, 5.41) is 13.3. The first-order valence-corrected chi connectivity index (χ1v) is 9.22. The van der Waals surface area contributed by atoms with Gasteiger partial charge in [0.2, 0.25) is 0 Å². The molecule has 3 atom stereocenters. The number of thioether (sulfide) groups is 2. The Bertz CT molecular complexity index is 382. The van der Waals surface area contributed by atoms with Gasteiger partial charge in [0.15, 0.2) is 0 Å². The van der Waals surface area contributed by atoms with Crippen molar-refractivity contribution >= 4 is 23.5 Å². The average Bonchev–Trinajstić information content (AvgIpc) is 2.86. The lowest BCUT2D eigenvalue weighted by Gasteiger charge is -2.34. The average molecular weight is 300 g/mol. The zero-order valence-corrected chi connectivity index (χ0v) is 13.6. The van der Waals surface area contributed by atoms with Gasteiger partial charge in [0, 0.05) is 28.6 Å². The molecule has 0 bridgehead atoms. The molecule has 2 rings (SSSR count). The van der Waals surface area contributed by atoms with E-state index in [9.17, 15) is 0 Å². The van der Waals surface area contributed by atoms with Crippen molar-refractivity contribution in [1.82, 2.24) is 20.3 Å². The Balaban J connectivity index is 2.20. The molecule has 1 aliphatic rings. The van der Waals surface area contributed by atoms with Crippen molar-refractivity contribution in [2.24, 2.45) is 0 Å². The fourth-order valence-corrected chi connectivity index (χ4v) is 5.45. The maximum absolute atomic E-state index is 4.24. The van der Waals surface area contributed by atoms with Crippen LogP contribution in [0.2, 0.25) is 0 Å². The lowest BCUT2D eigenvalue weighted by atomic mass is 10.1. The Labute approximate surface area is 124 Å². The normalized spacial score (nSPS) is 25.4. The van der Waals surface area contributed by atoms with E-state index in [0.717, 1.165) is 19.5 Å². The third-order valence-corrected chi connectivity index (χ3v) is 6.59. The van der Waals surface area contributed by atoms with Crippen LogP contribution in [0.5, 0.6) is 0 Å². The molecule has 0 saturated carbocycles. The van der Waals surface area contributed by atoms with Gasteiger partial charge in [-0.25, -0.2) is 4.68 Å². The molecule has 1 N–H and O–H groups in total. The molecule has 19 heavy (non-hydrogen) atoms. The smallest absolute Gasteiger partial charge is 0.0768 e. The fraction of sp³-hybridized carbons (Fsp3) is 0.846. The van der Waals surface area contributed by atoms with Crippen molar-refractivity contribution in [2.45, 2.75) is 50.3 Å². The Morgan fingerprint density at radius 2 is 2.21 bits per heavy atom. The minimum atomic E-state index is 0.361. The summed E-state index contributed by atoms with van der Waals surface area (Å²) in [4.78, 5) is 0. The van der Waals surface area contributed by atoms with Crippen molar-refractivity contribution in [2.75, 3.05) is 18.1 Å². The molecule has 0 aromatic carbocycles. The van der Waals surface area contributed by atoms with Gasteiger partial charge in [-0.1, -0.05) is 26.0 Å². The molecule has 0 amide bonds. The number of nitrogens with zero attached hydrogens (tertiary/aromatic N) is 3. The molecule has 4 nitrogen and oxygen atoms in total. The summed E-state index contributed by atoms with van der Waals surface area (Å²) in [6, 6.07) is 0.361. The molecule has 1 aromatic heterocycles. The van der Waals surface area contributed by atoms with Crippen LogP contribution < -0.4 is 5.32 Å². The first kappa shape index (κ1) is 15.2. The second-order valence-electron chi connectivity index (χ2n) is 4.83. The maximum Gasteiger partial charge on any atom is 0.0768 e. The van der Waals surface area contributed by atoms with E-state index in [4.69, 9.17) is 0 Å². The van der Waals surface area contributed by atoms with Crippen LogP contribution in [-0.4, -0.2) is 43.5 Å². The van der Waals surface area contributed by atoms with E-state index in [1.165, 1.54) is 17.2 Å². The standard InChI is InChI=1S/C13H24N4S2/c1-4-6-17-11(9-15-16-17)12(14-5-2)13-10(3)18-7-8-19-13/h9-10,12-14H,4-8H2,1-3H3. The van der Waals surface area contributed by atoms with E-state index in [0.29, 0.717) is 16.5 Å². The van der Waals surface area contributed by atoms with Crippen LogP contribution in [0.4, 0.5) is 0 Å². The lowest BCUT2D eigenvalue weighted by Crippen LogP contribution is -2.39. The van der Waals surface area contributed by atoms with E-state index in [1.807, 2.05) is 6.20 Å². The number of aromatic nitrogens is 3. The zero-order chi connectivity index (χ0) is 13.7. The third kappa shape index (κ3) is 3.67. The summed E-state index contributed by atoms with van der Waals surface area (Å²) in [5.74, 6) is 2.52. The molecule has 1 saturated heterocycles. The molecule has 0 spiro atoms. The van der Waals surface area contributed by atoms with Gasteiger partial charge in [0.1, 0.15) is 0 Å². The monoisotopic (exact) mass is 300 g/mol. The molecule has 6 heteroatoms. The Morgan fingerprint density at radius 3 is 2.89 bits per heavy atom. The van der Waals surface area contributed by atoms with Gasteiger partial charge in [-0.2, -0.15) is 23.5 Å².